The second-order valence-electron chi connectivity index (χ2n) is 13.7. The van der Waals surface area contributed by atoms with Crippen LogP contribution in [0, 0.1) is 0 Å². The third kappa shape index (κ3) is 3.52. The Morgan fingerprint density at radius 3 is 0.712 bits per heavy atom. The second kappa shape index (κ2) is 11.0. The molecule has 8 aromatic carbocycles. The molecule has 0 saturated heterocycles. The van der Waals surface area contributed by atoms with Crippen molar-refractivity contribution in [3.8, 4) is 0 Å². The molecule has 0 bridgehead atoms. The first-order valence-electron chi connectivity index (χ1n) is 17.9. The predicted molar refractivity (Wildman–Crippen MR) is 221 cm³/mol. The van der Waals surface area contributed by atoms with Gasteiger partial charge in [0.05, 0.1) is 0 Å². The zero-order valence-corrected chi connectivity index (χ0v) is 31.0. The number of benzene rings is 8. The van der Waals surface area contributed by atoms with E-state index in [0.717, 1.165) is 17.1 Å². The van der Waals surface area contributed by atoms with E-state index in [-0.39, 0.29) is 0 Å². The van der Waals surface area contributed by atoms with Crippen molar-refractivity contribution in [2.24, 2.45) is 0 Å². The molecule has 0 atom stereocenters. The van der Waals surface area contributed by atoms with Crippen molar-refractivity contribution in [1.29, 1.82) is 0 Å². The average Bonchev–Trinajstić information content (AvgIpc) is 3.23. The van der Waals surface area contributed by atoms with E-state index < -0.39 is 17.4 Å². The molecule has 0 aliphatic carbocycles. The van der Waals surface area contributed by atoms with Crippen molar-refractivity contribution in [3.63, 3.8) is 0 Å². The second-order valence-corrected chi connectivity index (χ2v) is 26.9. The predicted octanol–water partition coefficient (Wildman–Crippen LogP) is 9.27. The van der Waals surface area contributed by atoms with Crippen LogP contribution in [0.2, 0.25) is 0 Å². The summed E-state index contributed by atoms with van der Waals surface area (Å²) in [6, 6.07) is 77.2. The zero-order chi connectivity index (χ0) is 34.3. The molecule has 0 aromatic heterocycles. The summed E-state index contributed by atoms with van der Waals surface area (Å²) >= 11 is -5.24. The Balaban J connectivity index is 1.48. The molecular weight excluding hydrogens is 740 g/mol. The molecule has 3 nitrogen and oxygen atoms in total. The minimum absolute atomic E-state index is 1.15. The van der Waals surface area contributed by atoms with E-state index in [1.807, 2.05) is 0 Å². The molecule has 0 radical (unpaired) electrons. The monoisotopic (exact) mass is 773 g/mol. The van der Waals surface area contributed by atoms with Crippen LogP contribution in [-0.4, -0.2) is 17.4 Å². The number of rotatable bonds is 5. The molecule has 0 fully saturated rings. The first-order chi connectivity index (χ1) is 25.8. The molecule has 0 spiro atoms. The van der Waals surface area contributed by atoms with Crippen molar-refractivity contribution in [3.05, 3.63) is 206 Å². The van der Waals surface area contributed by atoms with Gasteiger partial charge in [-0.2, -0.15) is 0 Å². The van der Waals surface area contributed by atoms with Gasteiger partial charge in [-0.15, -0.1) is 0 Å². The van der Waals surface area contributed by atoms with Crippen LogP contribution in [0.15, 0.2) is 206 Å². The van der Waals surface area contributed by atoms with Gasteiger partial charge in [0.15, 0.2) is 0 Å². The summed E-state index contributed by atoms with van der Waals surface area (Å²) in [5.74, 6) is 0. The standard InChI is InChI=1S/C36H24N3.2C6H5.Sb/c1-4-13-28(14-5-1)37-31-19-10-21-33(25-31)38(29-15-6-2-7-16-29)35-23-12-24-36(27-35)39(30-17-8-3-9-18-30)34-22-11-20-32(37)26-34;2*1-2-4-6-5-3-1;/h1-24H;2*1-5H;. The van der Waals surface area contributed by atoms with Gasteiger partial charge in [0.25, 0.3) is 0 Å². The SMILES string of the molecule is c1ccc(N2c3cccc4[c]3[Sb]3([c]5ccccc5)([c]5ccccc5)[c]5c2cccc5N(c2ccccc2)c2cccc([c]23)N4c2ccccc2)cc1. The molecule has 3 aliphatic rings. The van der Waals surface area contributed by atoms with E-state index in [1.165, 1.54) is 51.7 Å². The first-order valence-corrected chi connectivity index (χ1v) is 24.3. The van der Waals surface area contributed by atoms with Gasteiger partial charge in [0, 0.05) is 0 Å². The van der Waals surface area contributed by atoms with E-state index >= 15 is 0 Å². The summed E-state index contributed by atoms with van der Waals surface area (Å²) in [7, 11) is 0. The quantitative estimate of drug-likeness (QED) is 0.162. The van der Waals surface area contributed by atoms with Gasteiger partial charge >= 0.3 is 307 Å². The van der Waals surface area contributed by atoms with Gasteiger partial charge in [-0.1, -0.05) is 0 Å². The summed E-state index contributed by atoms with van der Waals surface area (Å²) in [5, 5.41) is 0. The topological polar surface area (TPSA) is 9.72 Å². The molecule has 3 aliphatic heterocycles. The van der Waals surface area contributed by atoms with Crippen LogP contribution >= 0.6 is 0 Å². The van der Waals surface area contributed by atoms with E-state index in [0.29, 0.717) is 0 Å². The van der Waals surface area contributed by atoms with Crippen molar-refractivity contribution in [2.45, 2.75) is 0 Å². The molecular formula is C48H34N3Sb. The van der Waals surface area contributed by atoms with Crippen LogP contribution in [0.5, 0.6) is 0 Å². The van der Waals surface area contributed by atoms with Gasteiger partial charge in [-0.05, 0) is 0 Å². The third-order valence-corrected chi connectivity index (χ3v) is 30.5. The molecule has 0 amide bonds. The van der Waals surface area contributed by atoms with E-state index in [2.05, 4.69) is 221 Å². The number of hydrogen-bond donors (Lipinski definition) is 0. The van der Waals surface area contributed by atoms with Crippen LogP contribution in [0.1, 0.15) is 0 Å². The fraction of sp³-hybridized carbons (Fsp3) is 0. The van der Waals surface area contributed by atoms with Gasteiger partial charge in [-0.25, -0.2) is 0 Å². The normalized spacial score (nSPS) is 16.0. The summed E-state index contributed by atoms with van der Waals surface area (Å²) in [5.41, 5.74) is 10.9. The number of hydrogen-bond acceptors (Lipinski definition) is 3. The molecule has 0 unspecified atom stereocenters. The van der Waals surface area contributed by atoms with Crippen molar-refractivity contribution in [1.82, 2.24) is 0 Å². The van der Waals surface area contributed by atoms with Crippen LogP contribution in [-0.2, 0) is 0 Å². The Morgan fingerprint density at radius 2 is 0.462 bits per heavy atom. The van der Waals surface area contributed by atoms with E-state index in [1.54, 1.807) is 0 Å². The van der Waals surface area contributed by atoms with Gasteiger partial charge < -0.3 is 0 Å². The van der Waals surface area contributed by atoms with Crippen molar-refractivity contribution < 1.29 is 0 Å². The Bertz CT molecular complexity index is 2300. The summed E-state index contributed by atoms with van der Waals surface area (Å²) in [6.07, 6.45) is 0. The molecule has 52 heavy (non-hydrogen) atoms. The summed E-state index contributed by atoms with van der Waals surface area (Å²) in [6.45, 7) is 0. The van der Waals surface area contributed by atoms with Crippen LogP contribution in [0.4, 0.5) is 51.2 Å². The molecule has 246 valence electrons. The van der Waals surface area contributed by atoms with Gasteiger partial charge in [0.2, 0.25) is 0 Å². The number of anilines is 9. The van der Waals surface area contributed by atoms with Crippen molar-refractivity contribution >= 4 is 86.1 Å². The third-order valence-electron chi connectivity index (χ3n) is 11.4. The summed E-state index contributed by atoms with van der Waals surface area (Å²) in [4.78, 5) is 7.64. The molecule has 11 rings (SSSR count). The molecule has 0 saturated carbocycles. The van der Waals surface area contributed by atoms with Gasteiger partial charge in [-0.3, -0.25) is 0 Å². The Morgan fingerprint density at radius 1 is 0.231 bits per heavy atom. The first kappa shape index (κ1) is 29.7. The van der Waals surface area contributed by atoms with Crippen LogP contribution in [0.3, 0.4) is 0 Å². The maximum absolute atomic E-state index is 5.24. The average molecular weight is 775 g/mol. The zero-order valence-electron chi connectivity index (χ0n) is 28.4. The summed E-state index contributed by atoms with van der Waals surface area (Å²) < 4.78 is 7.20. The van der Waals surface area contributed by atoms with E-state index in [4.69, 9.17) is 0 Å². The Kier molecular flexibility index (Phi) is 6.27. The van der Waals surface area contributed by atoms with Crippen LogP contribution < -0.4 is 32.2 Å². The van der Waals surface area contributed by atoms with Crippen LogP contribution in [0.25, 0.3) is 0 Å². The fourth-order valence-electron chi connectivity index (χ4n) is 9.68. The molecule has 4 heteroatoms. The minimum atomic E-state index is -5.24. The molecule has 0 N–H and O–H groups in total. The fourth-order valence-corrected chi connectivity index (χ4v) is 32.1. The van der Waals surface area contributed by atoms with E-state index in [9.17, 15) is 0 Å². The molecule has 8 aromatic rings. The number of nitrogens with zero attached hydrogens (tertiary/aromatic N) is 3. The molecule has 3 heterocycles. The maximum atomic E-state index is 2.55. The van der Waals surface area contributed by atoms with Gasteiger partial charge in [0.1, 0.15) is 0 Å². The van der Waals surface area contributed by atoms with Crippen molar-refractivity contribution in [2.75, 3.05) is 14.7 Å². The Hall–Kier alpha value is -6.02. The Labute approximate surface area is 305 Å². The number of para-hydroxylation sites is 3.